The molecule has 0 fully saturated rings. The fourth-order valence-corrected chi connectivity index (χ4v) is 21.9. The van der Waals surface area contributed by atoms with Crippen molar-refractivity contribution in [2.45, 2.75) is 157 Å². The van der Waals surface area contributed by atoms with Gasteiger partial charge in [0.15, 0.2) is 0 Å². The molecule has 0 amide bonds. The lowest BCUT2D eigenvalue weighted by Crippen LogP contribution is -2.11. The molecular formula is C101H105I4NO10S7. The van der Waals surface area contributed by atoms with E-state index in [1.807, 2.05) is 90.4 Å². The van der Waals surface area contributed by atoms with E-state index in [1.165, 1.54) is 25.4 Å². The van der Waals surface area contributed by atoms with E-state index >= 15 is 0 Å². The van der Waals surface area contributed by atoms with Gasteiger partial charge in [-0.25, -0.2) is 4.98 Å². The maximum absolute atomic E-state index is 6.75. The van der Waals surface area contributed by atoms with Gasteiger partial charge in [0.1, 0.15) is 70.7 Å². The molecule has 22 heteroatoms. The van der Waals surface area contributed by atoms with Crippen LogP contribution in [-0.4, -0.2) is 80.2 Å². The van der Waals surface area contributed by atoms with E-state index < -0.39 is 0 Å². The molecule has 0 aliphatic carbocycles. The molecule has 0 radical (unpaired) electrons. The van der Waals surface area contributed by atoms with Crippen molar-refractivity contribution in [1.29, 1.82) is 0 Å². The number of aromatic nitrogens is 1. The van der Waals surface area contributed by atoms with E-state index in [1.54, 1.807) is 58.8 Å². The number of unbranched alkanes of at least 4 members (excludes halogenated alkanes) is 12. The van der Waals surface area contributed by atoms with Crippen LogP contribution >= 0.6 is 173 Å². The van der Waals surface area contributed by atoms with Crippen molar-refractivity contribution in [2.75, 3.05) is 66.1 Å². The van der Waals surface area contributed by atoms with Gasteiger partial charge in [-0.2, -0.15) is 0 Å². The third-order valence-electron chi connectivity index (χ3n) is 19.1. The van der Waals surface area contributed by atoms with Crippen LogP contribution in [0.3, 0.4) is 0 Å². The van der Waals surface area contributed by atoms with Crippen LogP contribution in [0.4, 0.5) is 0 Å². The second-order valence-electron chi connectivity index (χ2n) is 28.8. The Balaban J connectivity index is 0.655. The van der Waals surface area contributed by atoms with Gasteiger partial charge in [-0.05, 0) is 459 Å². The first-order chi connectivity index (χ1) is 60.5. The fraction of sp³-hybridized carbons (Fsp3) is 0.297. The maximum atomic E-state index is 6.75. The minimum atomic E-state index is 0.0265. The Bertz CT molecular complexity index is 4390. The number of hydrogen-bond acceptors (Lipinski definition) is 18. The van der Waals surface area contributed by atoms with Crippen LogP contribution < -0.4 is 47.4 Å². The SMILES string of the molecule is Ic1ccc(OCCCCCCOc2ccc(SC(COc3ccc(SC(Sc4ccc(OCC(Sc5ccc(OCCCCCCOc6ccc(I)cc6)cc5)Sc5ccc(OCCCCCCOc6ccc(I)cc6)cc5)cc4)c4ccc(CSc5ccccn5)cc4)cc3)Sc3ccc(OCCCCCCOc4ccc(I)cc4)cc3)cc2)cc1. The number of benzene rings is 11. The van der Waals surface area contributed by atoms with Gasteiger partial charge in [-0.1, -0.05) is 30.3 Å². The van der Waals surface area contributed by atoms with Gasteiger partial charge in [-0.15, -0.1) is 82.3 Å². The summed E-state index contributed by atoms with van der Waals surface area (Å²) in [5, 5.41) is 1.01. The molecule has 0 spiro atoms. The lowest BCUT2D eigenvalue weighted by Gasteiger charge is -2.20. The summed E-state index contributed by atoms with van der Waals surface area (Å²) in [6.45, 7) is 6.56. The van der Waals surface area contributed by atoms with Gasteiger partial charge < -0.3 is 47.4 Å². The van der Waals surface area contributed by atoms with E-state index in [0.29, 0.717) is 39.6 Å². The van der Waals surface area contributed by atoms with Gasteiger partial charge in [0, 0.05) is 55.6 Å². The van der Waals surface area contributed by atoms with Gasteiger partial charge in [-0.3, -0.25) is 0 Å². The van der Waals surface area contributed by atoms with Crippen molar-refractivity contribution in [3.8, 4) is 57.5 Å². The van der Waals surface area contributed by atoms with Crippen LogP contribution in [0.2, 0.25) is 0 Å². The fourth-order valence-electron chi connectivity index (χ4n) is 12.4. The first-order valence-electron chi connectivity index (χ1n) is 42.1. The monoisotopic (exact) mass is 2220 g/mol. The normalized spacial score (nSPS) is 11.3. The average Bonchev–Trinajstić information content (AvgIpc) is 0.841. The highest BCUT2D eigenvalue weighted by molar-refractivity contribution is 14.1. The number of rotatable bonds is 58. The van der Waals surface area contributed by atoms with Crippen molar-refractivity contribution in [3.63, 3.8) is 0 Å². The van der Waals surface area contributed by atoms with Crippen LogP contribution in [0.1, 0.15) is 118 Å². The molecule has 1 heterocycles. The van der Waals surface area contributed by atoms with Crippen molar-refractivity contribution >= 4 is 173 Å². The van der Waals surface area contributed by atoms with Crippen LogP contribution in [0.15, 0.2) is 326 Å². The molecule has 12 rings (SSSR count). The Morgan fingerprint density at radius 2 is 0.455 bits per heavy atom. The predicted octanol–water partition coefficient (Wildman–Crippen LogP) is 31.0. The molecular weight excluding hydrogens is 2120 g/mol. The molecule has 12 aromatic rings. The lowest BCUT2D eigenvalue weighted by molar-refractivity contribution is 0.287. The van der Waals surface area contributed by atoms with Crippen LogP contribution in [-0.2, 0) is 5.75 Å². The van der Waals surface area contributed by atoms with Gasteiger partial charge in [0.25, 0.3) is 0 Å². The highest BCUT2D eigenvalue weighted by Gasteiger charge is 2.21. The molecule has 0 atom stereocenters. The Labute approximate surface area is 812 Å². The smallest absolute Gasteiger partial charge is 0.119 e. The molecule has 11 aromatic carbocycles. The molecule has 0 N–H and O–H groups in total. The van der Waals surface area contributed by atoms with Gasteiger partial charge in [0.2, 0.25) is 0 Å². The van der Waals surface area contributed by atoms with E-state index in [-0.39, 0.29) is 13.7 Å². The van der Waals surface area contributed by atoms with Crippen molar-refractivity contribution < 1.29 is 47.4 Å². The molecule has 123 heavy (non-hydrogen) atoms. The highest BCUT2D eigenvalue weighted by Crippen LogP contribution is 2.49. The number of pyridine rings is 1. The third-order valence-corrected chi connectivity index (χ3v) is 30.6. The van der Waals surface area contributed by atoms with Gasteiger partial charge in [0.05, 0.1) is 71.6 Å². The number of halogens is 4. The second-order valence-corrected chi connectivity index (χ2v) is 43.1. The lowest BCUT2D eigenvalue weighted by atomic mass is 10.2. The van der Waals surface area contributed by atoms with E-state index in [2.05, 4.69) is 320 Å². The predicted molar refractivity (Wildman–Crippen MR) is 550 cm³/mol. The topological polar surface area (TPSA) is 105 Å². The Kier molecular flexibility index (Phi) is 44.0. The second kappa shape index (κ2) is 56.3. The quantitative estimate of drug-likeness (QED) is 0.0156. The average molecular weight is 2230 g/mol. The summed E-state index contributed by atoms with van der Waals surface area (Å²) in [4.78, 5) is 11.4. The molecule has 11 nitrogen and oxygen atoms in total. The first-order valence-corrected chi connectivity index (χ1v) is 52.7. The standard InChI is InChI=1S/C101H105I4NO10S7/c102-78-24-32-82(33-25-78)107-65-11-1-5-15-69-111-86-40-52-92(53-41-86)118-99(119-93-54-42-87(43-55-93)112-70-16-6-2-12-66-108-83-34-26-79(103)27-35-83)73-115-90-48-60-96(61-49-90)122-101(77-22-20-76(21-23-77)75-117-98-19-9-10-64-106-98)123-97-62-50-91(51-63-97)116-74-100(120-94-56-44-88(45-57-94)113-71-17-7-3-13-67-109-84-36-28-80(104)29-37-84)121-95-58-46-89(47-59-95)114-72-18-8-4-14-68-110-85-38-30-81(105)31-39-85/h9-10,19-64,99-101H,1-8,11-18,65-75H2. The number of hydrogen-bond donors (Lipinski definition) is 0. The molecule has 0 unspecified atom stereocenters. The zero-order chi connectivity index (χ0) is 84.8. The number of nitrogens with zero attached hydrogens (tertiary/aromatic N) is 1. The first kappa shape index (κ1) is 96.0. The molecule has 0 aliphatic heterocycles. The number of ether oxygens (including phenoxy) is 10. The van der Waals surface area contributed by atoms with Crippen molar-refractivity contribution in [2.24, 2.45) is 0 Å². The Hall–Kier alpha value is -6.06. The van der Waals surface area contributed by atoms with Crippen LogP contribution in [0.5, 0.6) is 57.5 Å². The summed E-state index contributed by atoms with van der Waals surface area (Å²) < 4.78 is 67.2. The van der Waals surface area contributed by atoms with Crippen molar-refractivity contribution in [1.82, 2.24) is 4.98 Å². The summed E-state index contributed by atoms with van der Waals surface area (Å²) in [7, 11) is 0. The summed E-state index contributed by atoms with van der Waals surface area (Å²) in [6, 6.07) is 99.3. The molecule has 644 valence electrons. The zero-order valence-corrected chi connectivity index (χ0v) is 83.3. The Morgan fingerprint density at radius 1 is 0.228 bits per heavy atom. The summed E-state index contributed by atoms with van der Waals surface area (Å²) in [6.07, 6.45) is 18.7. The molecule has 0 aliphatic rings. The third kappa shape index (κ3) is 38.0. The minimum Gasteiger partial charge on any atom is -0.494 e. The highest BCUT2D eigenvalue weighted by atomic mass is 127. The van der Waals surface area contributed by atoms with E-state index in [9.17, 15) is 0 Å². The van der Waals surface area contributed by atoms with E-state index in [0.717, 1.165) is 227 Å². The van der Waals surface area contributed by atoms with Gasteiger partial charge >= 0.3 is 0 Å². The van der Waals surface area contributed by atoms with Crippen LogP contribution in [0, 0.1) is 14.3 Å². The zero-order valence-electron chi connectivity index (χ0n) is 68.9. The largest absolute Gasteiger partial charge is 0.494 e. The summed E-state index contributed by atoms with van der Waals surface area (Å²) >= 11 is 21.9. The molecule has 0 saturated heterocycles. The number of thioether (sulfide) groups is 7. The molecule has 0 saturated carbocycles. The molecule has 0 bridgehead atoms. The summed E-state index contributed by atoms with van der Waals surface area (Å²) in [5.41, 5.74) is 2.47. The van der Waals surface area contributed by atoms with Crippen molar-refractivity contribution in [3.05, 3.63) is 317 Å². The maximum Gasteiger partial charge on any atom is 0.119 e. The Morgan fingerprint density at radius 3 is 0.691 bits per heavy atom. The minimum absolute atomic E-state index is 0.0265. The van der Waals surface area contributed by atoms with E-state index in [4.69, 9.17) is 47.4 Å². The summed E-state index contributed by atoms with van der Waals surface area (Å²) in [5.74, 6) is 9.68. The molecule has 1 aromatic heterocycles. The van der Waals surface area contributed by atoms with Crippen LogP contribution in [0.25, 0.3) is 0 Å².